The number of aryl methyl sites for hydroxylation is 1. The van der Waals surface area contributed by atoms with E-state index in [1.54, 1.807) is 48.8 Å². The fourth-order valence-corrected chi connectivity index (χ4v) is 2.03. The number of fused-ring (bicyclic) bond motifs is 1. The molecule has 0 bridgehead atoms. The minimum atomic E-state index is -0.609. The molecule has 0 saturated heterocycles. The molecule has 98 valence electrons. The van der Waals surface area contributed by atoms with Crippen LogP contribution in [0.1, 0.15) is 15.9 Å². The number of para-hydroxylation sites is 1. The number of hydrogen-bond donors (Lipinski definition) is 0. The Morgan fingerprint density at radius 1 is 1.10 bits per heavy atom. The van der Waals surface area contributed by atoms with Crippen LogP contribution >= 0.6 is 0 Å². The van der Waals surface area contributed by atoms with Crippen LogP contribution in [-0.2, 0) is 7.05 Å². The minimum Gasteiger partial charge on any atom is -0.422 e. The van der Waals surface area contributed by atoms with Crippen molar-refractivity contribution in [2.24, 2.45) is 7.05 Å². The summed E-state index contributed by atoms with van der Waals surface area (Å²) in [4.78, 5) is 24.3. The Hall–Kier alpha value is -2.75. The van der Waals surface area contributed by atoms with Crippen molar-refractivity contribution in [3.8, 4) is 0 Å². The Balaban J connectivity index is 2.14. The summed E-state index contributed by atoms with van der Waals surface area (Å²) in [6.45, 7) is 0. The molecule has 1 aromatic carbocycles. The van der Waals surface area contributed by atoms with Gasteiger partial charge in [-0.3, -0.25) is 4.79 Å². The predicted molar refractivity (Wildman–Crippen MR) is 73.5 cm³/mol. The van der Waals surface area contributed by atoms with E-state index in [-0.39, 0.29) is 11.3 Å². The molecule has 0 radical (unpaired) electrons. The Kier molecular flexibility index (Phi) is 2.91. The van der Waals surface area contributed by atoms with Crippen molar-refractivity contribution < 1.29 is 13.8 Å². The third-order valence-corrected chi connectivity index (χ3v) is 3.13. The quantitative estimate of drug-likeness (QED) is 0.404. The summed E-state index contributed by atoms with van der Waals surface area (Å²) in [5.74, 6) is -0.329. The molecule has 3 rings (SSSR count). The number of carbonyl (C=O) groups excluding carboxylic acids is 1. The van der Waals surface area contributed by atoms with Crippen molar-refractivity contribution in [1.82, 2.24) is 0 Å². The van der Waals surface area contributed by atoms with Crippen LogP contribution in [0.5, 0.6) is 0 Å². The third-order valence-electron chi connectivity index (χ3n) is 3.13. The van der Waals surface area contributed by atoms with Crippen LogP contribution in [-0.4, -0.2) is 5.78 Å². The largest absolute Gasteiger partial charge is 0.422 e. The van der Waals surface area contributed by atoms with Crippen molar-refractivity contribution in [1.29, 1.82) is 0 Å². The highest BCUT2D eigenvalue weighted by Gasteiger charge is 2.16. The second kappa shape index (κ2) is 4.74. The van der Waals surface area contributed by atoms with Crippen LogP contribution in [0.3, 0.4) is 0 Å². The van der Waals surface area contributed by atoms with Gasteiger partial charge in [0, 0.05) is 23.1 Å². The van der Waals surface area contributed by atoms with E-state index in [0.717, 1.165) is 5.39 Å². The van der Waals surface area contributed by atoms with Gasteiger partial charge in [0.1, 0.15) is 18.2 Å². The van der Waals surface area contributed by atoms with E-state index in [2.05, 4.69) is 0 Å². The van der Waals surface area contributed by atoms with Crippen molar-refractivity contribution in [2.75, 3.05) is 0 Å². The standard InChI is InChI=1S/C16H12NO3/c1-17-8-6-11(7-9-17)15(18)13-10-12-4-2-3-5-14(12)20-16(13)19/h2-10H,1H3/q+1. The zero-order valence-corrected chi connectivity index (χ0v) is 10.9. The summed E-state index contributed by atoms with van der Waals surface area (Å²) in [6.07, 6.45) is 3.52. The van der Waals surface area contributed by atoms with E-state index >= 15 is 0 Å². The van der Waals surface area contributed by atoms with E-state index in [1.165, 1.54) is 0 Å². The Bertz CT molecular complexity index is 847. The zero-order chi connectivity index (χ0) is 14.1. The number of carbonyl (C=O) groups is 1. The first-order chi connectivity index (χ1) is 9.65. The van der Waals surface area contributed by atoms with Crippen LogP contribution in [0.4, 0.5) is 0 Å². The van der Waals surface area contributed by atoms with Crippen LogP contribution in [0.2, 0.25) is 0 Å². The maximum Gasteiger partial charge on any atom is 0.347 e. The maximum absolute atomic E-state index is 12.4. The number of ketones is 1. The molecular formula is C16H12NO3+. The molecule has 4 heteroatoms. The molecule has 0 fully saturated rings. The highest BCUT2D eigenvalue weighted by molar-refractivity contribution is 6.09. The van der Waals surface area contributed by atoms with E-state index in [1.807, 2.05) is 17.7 Å². The first-order valence-electron chi connectivity index (χ1n) is 6.18. The van der Waals surface area contributed by atoms with E-state index in [9.17, 15) is 9.59 Å². The molecule has 4 nitrogen and oxygen atoms in total. The average Bonchev–Trinajstić information content (AvgIpc) is 2.46. The van der Waals surface area contributed by atoms with Gasteiger partial charge in [0.15, 0.2) is 12.4 Å². The first-order valence-corrected chi connectivity index (χ1v) is 6.18. The van der Waals surface area contributed by atoms with Crippen molar-refractivity contribution in [3.05, 3.63) is 76.4 Å². The summed E-state index contributed by atoms with van der Waals surface area (Å²) in [6, 6.07) is 12.1. The SMILES string of the molecule is C[n+]1ccc(C(=O)c2cc3ccccc3oc2=O)cc1. The molecule has 3 aromatic rings. The van der Waals surface area contributed by atoms with E-state index in [4.69, 9.17) is 4.42 Å². The lowest BCUT2D eigenvalue weighted by atomic mass is 10.0. The Morgan fingerprint density at radius 3 is 2.55 bits per heavy atom. The molecule has 2 aromatic heterocycles. The zero-order valence-electron chi connectivity index (χ0n) is 10.9. The average molecular weight is 266 g/mol. The third kappa shape index (κ3) is 2.12. The van der Waals surface area contributed by atoms with Gasteiger partial charge in [0.2, 0.25) is 5.78 Å². The summed E-state index contributed by atoms with van der Waals surface area (Å²) in [5, 5.41) is 0.733. The van der Waals surface area contributed by atoms with E-state index < -0.39 is 5.63 Å². The molecule has 0 amide bonds. The van der Waals surface area contributed by atoms with Crippen LogP contribution in [0, 0.1) is 0 Å². The first kappa shape index (κ1) is 12.3. The van der Waals surface area contributed by atoms with Gasteiger partial charge in [0.05, 0.1) is 0 Å². The maximum atomic E-state index is 12.4. The van der Waals surface area contributed by atoms with Crippen molar-refractivity contribution in [3.63, 3.8) is 0 Å². The molecule has 0 aliphatic rings. The van der Waals surface area contributed by atoms with Gasteiger partial charge in [-0.1, -0.05) is 18.2 Å². The molecule has 0 unspecified atom stereocenters. The minimum absolute atomic E-state index is 0.0533. The van der Waals surface area contributed by atoms with Gasteiger partial charge in [-0.15, -0.1) is 0 Å². The second-order valence-electron chi connectivity index (χ2n) is 4.57. The van der Waals surface area contributed by atoms with Crippen molar-refractivity contribution >= 4 is 16.8 Å². The lowest BCUT2D eigenvalue weighted by Gasteiger charge is -2.01. The van der Waals surface area contributed by atoms with Crippen LogP contribution in [0.15, 0.2) is 64.1 Å². The number of aromatic nitrogens is 1. The Labute approximate surface area is 114 Å². The lowest BCUT2D eigenvalue weighted by molar-refractivity contribution is -0.671. The van der Waals surface area contributed by atoms with Crippen LogP contribution in [0.25, 0.3) is 11.0 Å². The number of pyridine rings is 1. The normalized spacial score (nSPS) is 10.7. The smallest absolute Gasteiger partial charge is 0.347 e. The fourth-order valence-electron chi connectivity index (χ4n) is 2.03. The number of hydrogen-bond acceptors (Lipinski definition) is 3. The predicted octanol–water partition coefficient (Wildman–Crippen LogP) is 1.85. The van der Waals surface area contributed by atoms with Gasteiger partial charge in [-0.2, -0.15) is 0 Å². The number of nitrogens with zero attached hydrogens (tertiary/aromatic N) is 1. The fraction of sp³-hybridized carbons (Fsp3) is 0.0625. The van der Waals surface area contributed by atoms with Gasteiger partial charge in [-0.05, 0) is 12.1 Å². The molecule has 2 heterocycles. The summed E-state index contributed by atoms with van der Waals surface area (Å²) in [5.41, 5.74) is 0.388. The summed E-state index contributed by atoms with van der Waals surface area (Å²) < 4.78 is 7.00. The van der Waals surface area contributed by atoms with Gasteiger partial charge in [-0.25, -0.2) is 9.36 Å². The van der Waals surface area contributed by atoms with Gasteiger partial charge < -0.3 is 4.42 Å². The summed E-state index contributed by atoms with van der Waals surface area (Å²) >= 11 is 0. The molecular weight excluding hydrogens is 254 g/mol. The molecule has 0 aliphatic carbocycles. The molecule has 0 N–H and O–H groups in total. The van der Waals surface area contributed by atoms with Crippen molar-refractivity contribution in [2.45, 2.75) is 0 Å². The topological polar surface area (TPSA) is 51.2 Å². The molecule has 20 heavy (non-hydrogen) atoms. The molecule has 0 atom stereocenters. The lowest BCUT2D eigenvalue weighted by Crippen LogP contribution is -2.26. The Morgan fingerprint density at radius 2 is 1.80 bits per heavy atom. The van der Waals surface area contributed by atoms with Crippen LogP contribution < -0.4 is 10.2 Å². The highest BCUT2D eigenvalue weighted by Crippen LogP contribution is 2.14. The van der Waals surface area contributed by atoms with Gasteiger partial charge >= 0.3 is 5.63 Å². The molecule has 0 saturated carbocycles. The monoisotopic (exact) mass is 266 g/mol. The van der Waals surface area contributed by atoms with E-state index in [0.29, 0.717) is 11.1 Å². The number of rotatable bonds is 2. The number of benzene rings is 1. The molecule has 0 aliphatic heterocycles. The molecule has 0 spiro atoms. The summed E-state index contributed by atoms with van der Waals surface area (Å²) in [7, 11) is 1.86. The van der Waals surface area contributed by atoms with Gasteiger partial charge in [0.25, 0.3) is 0 Å². The second-order valence-corrected chi connectivity index (χ2v) is 4.57. The highest BCUT2D eigenvalue weighted by atomic mass is 16.4.